The van der Waals surface area contributed by atoms with E-state index in [0.717, 1.165) is 0 Å². The Bertz CT molecular complexity index is 1170. The van der Waals surface area contributed by atoms with Crippen LogP contribution in [-0.2, 0) is 10.9 Å². The summed E-state index contributed by atoms with van der Waals surface area (Å²) in [7, 11) is 1.44. The molecule has 0 fully saturated rings. The van der Waals surface area contributed by atoms with Crippen LogP contribution in [0.25, 0.3) is 10.8 Å². The first-order valence-corrected chi connectivity index (χ1v) is 10.4. The van der Waals surface area contributed by atoms with Crippen LogP contribution in [0.15, 0.2) is 36.7 Å². The van der Waals surface area contributed by atoms with Gasteiger partial charge in [0, 0.05) is 28.9 Å². The summed E-state index contributed by atoms with van der Waals surface area (Å²) in [5.41, 5.74) is 0.795. The fraction of sp³-hybridized carbons (Fsp3) is 0.238. The molecule has 0 saturated carbocycles. The van der Waals surface area contributed by atoms with Gasteiger partial charge in [0.2, 0.25) is 16.6 Å². The molecule has 9 nitrogen and oxygen atoms in total. The van der Waals surface area contributed by atoms with E-state index in [1.54, 1.807) is 31.2 Å². The van der Waals surface area contributed by atoms with Crippen LogP contribution in [0.2, 0.25) is 0 Å². The van der Waals surface area contributed by atoms with E-state index in [-0.39, 0.29) is 17.0 Å². The average molecular weight is 446 g/mol. The zero-order chi connectivity index (χ0) is 22.5. The van der Waals surface area contributed by atoms with Crippen LogP contribution in [0.1, 0.15) is 22.8 Å². The molecule has 1 aromatic heterocycles. The van der Waals surface area contributed by atoms with Crippen molar-refractivity contribution < 1.29 is 32.2 Å². The molecule has 2 aromatic carbocycles. The number of anilines is 1. The highest BCUT2D eigenvalue weighted by molar-refractivity contribution is 7.74. The molecule has 0 atom stereocenters. The highest BCUT2D eigenvalue weighted by Crippen LogP contribution is 2.40. The molecule has 0 aliphatic heterocycles. The van der Waals surface area contributed by atoms with Gasteiger partial charge in [-0.05, 0) is 36.6 Å². The Morgan fingerprint density at radius 3 is 2.19 bits per heavy atom. The van der Waals surface area contributed by atoms with Crippen LogP contribution < -0.4 is 23.7 Å². The highest BCUT2D eigenvalue weighted by atomic mass is 32.2. The molecule has 0 amide bonds. The van der Waals surface area contributed by atoms with Crippen LogP contribution in [0.3, 0.4) is 0 Å². The first-order valence-electron chi connectivity index (χ1n) is 9.24. The largest absolute Gasteiger partial charge is 0.493 e. The number of thiol groups is 1. The van der Waals surface area contributed by atoms with E-state index < -0.39 is 10.9 Å². The van der Waals surface area contributed by atoms with Crippen LogP contribution in [-0.4, -0.2) is 47.1 Å². The molecular formula is C21H22N2O7S. The Kier molecular flexibility index (Phi) is 6.81. The minimum atomic E-state index is -2.95. The van der Waals surface area contributed by atoms with E-state index in [4.69, 9.17) is 18.9 Å². The minimum Gasteiger partial charge on any atom is -0.493 e. The van der Waals surface area contributed by atoms with Crippen molar-refractivity contribution in [3.8, 4) is 23.0 Å². The standard InChI is InChI=1S/C21H22N2O7S/c1-5-30-16-7-6-13-14(19(16)23-31(25)26)10-22-11-15(13)20(24)12-8-17(27-2)21(29-4)18(9-12)28-3/h6-11,31H,5H2,1-4H3,(H,23,25,26). The number of nitrogens with one attached hydrogen (secondary N) is 1. The quantitative estimate of drug-likeness (QED) is 0.381. The number of pyridine rings is 1. The zero-order valence-electron chi connectivity index (χ0n) is 17.4. The Hall–Kier alpha value is -3.53. The summed E-state index contributed by atoms with van der Waals surface area (Å²) in [6.07, 6.45) is 2.90. The van der Waals surface area contributed by atoms with Crippen molar-refractivity contribution in [3.63, 3.8) is 0 Å². The second-order valence-electron chi connectivity index (χ2n) is 6.27. The van der Waals surface area contributed by atoms with E-state index >= 15 is 0 Å². The number of aromatic nitrogens is 1. The molecule has 10 heteroatoms. The topological polar surface area (TPSA) is 113 Å². The first kappa shape index (κ1) is 22.2. The Morgan fingerprint density at radius 1 is 0.968 bits per heavy atom. The first-order chi connectivity index (χ1) is 14.9. The highest BCUT2D eigenvalue weighted by Gasteiger charge is 2.21. The lowest BCUT2D eigenvalue weighted by Crippen LogP contribution is -2.07. The molecule has 3 aromatic rings. The average Bonchev–Trinajstić information content (AvgIpc) is 2.78. The van der Waals surface area contributed by atoms with Crippen molar-refractivity contribution in [1.82, 2.24) is 4.98 Å². The Labute approximate surface area is 181 Å². The second-order valence-corrected chi connectivity index (χ2v) is 7.00. The Balaban J connectivity index is 2.21. The van der Waals surface area contributed by atoms with Gasteiger partial charge in [-0.15, -0.1) is 0 Å². The van der Waals surface area contributed by atoms with Gasteiger partial charge < -0.3 is 18.9 Å². The summed E-state index contributed by atoms with van der Waals surface area (Å²) in [4.78, 5) is 17.5. The number of ketones is 1. The van der Waals surface area contributed by atoms with Crippen molar-refractivity contribution >= 4 is 33.1 Å². The summed E-state index contributed by atoms with van der Waals surface area (Å²) in [5, 5.41) is 0.944. The monoisotopic (exact) mass is 446 g/mol. The van der Waals surface area contributed by atoms with Gasteiger partial charge in [-0.2, -0.15) is 0 Å². The molecule has 1 heterocycles. The van der Waals surface area contributed by atoms with Gasteiger partial charge >= 0.3 is 0 Å². The molecular weight excluding hydrogens is 424 g/mol. The number of benzene rings is 2. The fourth-order valence-electron chi connectivity index (χ4n) is 3.26. The van der Waals surface area contributed by atoms with E-state index in [1.165, 1.54) is 33.7 Å². The zero-order valence-corrected chi connectivity index (χ0v) is 18.3. The molecule has 0 unspecified atom stereocenters. The van der Waals surface area contributed by atoms with E-state index in [2.05, 4.69) is 9.71 Å². The maximum Gasteiger partial charge on any atom is 0.222 e. The molecule has 0 radical (unpaired) electrons. The van der Waals surface area contributed by atoms with Crippen molar-refractivity contribution in [2.45, 2.75) is 6.92 Å². The maximum absolute atomic E-state index is 13.4. The molecule has 0 aliphatic rings. The van der Waals surface area contributed by atoms with Gasteiger partial charge in [0.05, 0.1) is 33.6 Å². The number of methoxy groups -OCH3 is 3. The summed E-state index contributed by atoms with van der Waals surface area (Å²) >= 11 is 0. The molecule has 3 rings (SSSR count). The normalized spacial score (nSPS) is 10.7. The third kappa shape index (κ3) is 4.33. The molecule has 31 heavy (non-hydrogen) atoms. The fourth-order valence-corrected chi connectivity index (χ4v) is 3.67. The minimum absolute atomic E-state index is 0.225. The number of rotatable bonds is 9. The second kappa shape index (κ2) is 9.52. The van der Waals surface area contributed by atoms with Crippen LogP contribution in [0, 0.1) is 0 Å². The van der Waals surface area contributed by atoms with Crippen molar-refractivity contribution in [2.75, 3.05) is 32.7 Å². The van der Waals surface area contributed by atoms with Crippen LogP contribution in [0.4, 0.5) is 5.69 Å². The number of fused-ring (bicyclic) bond motifs is 1. The molecule has 0 aliphatic carbocycles. The summed E-state index contributed by atoms with van der Waals surface area (Å²) in [6, 6.07) is 6.39. The number of hydrogen-bond donors (Lipinski definition) is 2. The van der Waals surface area contributed by atoms with E-state index in [9.17, 15) is 13.2 Å². The summed E-state index contributed by atoms with van der Waals surface area (Å²) < 4.78 is 46.6. The number of ether oxygens (including phenoxy) is 4. The molecule has 0 spiro atoms. The SMILES string of the molecule is CCOc1ccc2c(C(=O)c3cc(OC)c(OC)c(OC)c3)cncc2c1N[SH](=O)=O. The van der Waals surface area contributed by atoms with Gasteiger partial charge in [-0.3, -0.25) is 14.5 Å². The molecule has 164 valence electrons. The summed E-state index contributed by atoms with van der Waals surface area (Å²) in [6.45, 7) is 2.13. The lowest BCUT2D eigenvalue weighted by molar-refractivity contribution is 0.103. The van der Waals surface area contributed by atoms with Crippen molar-refractivity contribution in [2.24, 2.45) is 0 Å². The van der Waals surface area contributed by atoms with E-state index in [0.29, 0.717) is 45.9 Å². The van der Waals surface area contributed by atoms with Gasteiger partial charge in [-0.1, -0.05) is 0 Å². The molecule has 0 bridgehead atoms. The van der Waals surface area contributed by atoms with Gasteiger partial charge in [0.1, 0.15) is 5.75 Å². The molecule has 0 saturated heterocycles. The smallest absolute Gasteiger partial charge is 0.222 e. The maximum atomic E-state index is 13.4. The Morgan fingerprint density at radius 2 is 1.65 bits per heavy atom. The van der Waals surface area contributed by atoms with Gasteiger partial charge in [0.25, 0.3) is 0 Å². The van der Waals surface area contributed by atoms with Crippen molar-refractivity contribution in [1.29, 1.82) is 0 Å². The number of carbonyl (C=O) groups excluding carboxylic acids is 1. The third-order valence-electron chi connectivity index (χ3n) is 4.58. The third-order valence-corrected chi connectivity index (χ3v) is 4.99. The van der Waals surface area contributed by atoms with Crippen LogP contribution >= 0.6 is 0 Å². The van der Waals surface area contributed by atoms with Gasteiger partial charge in [0.15, 0.2) is 17.3 Å². The lowest BCUT2D eigenvalue weighted by atomic mass is 9.98. The van der Waals surface area contributed by atoms with E-state index in [1.807, 2.05) is 0 Å². The predicted octanol–water partition coefficient (Wildman–Crippen LogP) is 2.83. The predicted molar refractivity (Wildman–Crippen MR) is 116 cm³/mol. The van der Waals surface area contributed by atoms with Gasteiger partial charge in [-0.25, -0.2) is 8.42 Å². The number of hydrogen-bond acceptors (Lipinski definition) is 8. The molecule has 1 N–H and O–H groups in total. The van der Waals surface area contributed by atoms with Crippen molar-refractivity contribution in [3.05, 3.63) is 47.8 Å². The number of nitrogens with zero attached hydrogens (tertiary/aromatic N) is 1. The summed E-state index contributed by atoms with van der Waals surface area (Å²) in [5.74, 6) is 1.03. The van der Waals surface area contributed by atoms with Crippen LogP contribution in [0.5, 0.6) is 23.0 Å². The number of carbonyl (C=O) groups is 1. The lowest BCUT2D eigenvalue weighted by Gasteiger charge is -2.15.